The van der Waals surface area contributed by atoms with Gasteiger partial charge in [0, 0.05) is 11.6 Å². The van der Waals surface area contributed by atoms with Gasteiger partial charge in [0.2, 0.25) is 10.0 Å². The van der Waals surface area contributed by atoms with Gasteiger partial charge in [-0.3, -0.25) is 14.5 Å². The SMILES string of the molecule is CS(=O)(=O)Nc1cccc2[nH]c(CC(=O)c3cc4ccccc4cn3)nc12. The molecule has 0 unspecified atom stereocenters. The van der Waals surface area contributed by atoms with E-state index in [1.807, 2.05) is 24.3 Å². The van der Waals surface area contributed by atoms with Crippen LogP contribution in [0.25, 0.3) is 21.8 Å². The number of H-pyrrole nitrogens is 1. The van der Waals surface area contributed by atoms with Gasteiger partial charge < -0.3 is 4.98 Å². The molecule has 0 saturated carbocycles. The average Bonchev–Trinajstić information content (AvgIpc) is 3.03. The Morgan fingerprint density at radius 2 is 1.89 bits per heavy atom. The number of sulfonamides is 1. The van der Waals surface area contributed by atoms with Gasteiger partial charge in [-0.2, -0.15) is 0 Å². The minimum Gasteiger partial charge on any atom is -0.342 e. The molecule has 0 bridgehead atoms. The van der Waals surface area contributed by atoms with Gasteiger partial charge in [-0.15, -0.1) is 0 Å². The largest absolute Gasteiger partial charge is 0.342 e. The lowest BCUT2D eigenvalue weighted by Gasteiger charge is -2.03. The number of anilines is 1. The number of Topliss-reactive ketones (excluding diaryl/α,β-unsaturated/α-hetero) is 1. The molecular weight excluding hydrogens is 364 g/mol. The Balaban J connectivity index is 1.64. The first kappa shape index (κ1) is 17.2. The number of nitrogens with one attached hydrogen (secondary N) is 2. The summed E-state index contributed by atoms with van der Waals surface area (Å²) in [5, 5.41) is 1.91. The number of para-hydroxylation sites is 1. The molecule has 136 valence electrons. The molecule has 2 N–H and O–H groups in total. The predicted octanol–water partition coefficient (Wildman–Crippen LogP) is 2.91. The van der Waals surface area contributed by atoms with Gasteiger partial charge in [-0.25, -0.2) is 13.4 Å². The maximum Gasteiger partial charge on any atom is 0.229 e. The topological polar surface area (TPSA) is 105 Å². The van der Waals surface area contributed by atoms with Crippen molar-refractivity contribution in [2.24, 2.45) is 0 Å². The fourth-order valence-electron chi connectivity index (χ4n) is 2.93. The molecule has 7 nitrogen and oxygen atoms in total. The monoisotopic (exact) mass is 380 g/mol. The van der Waals surface area contributed by atoms with E-state index in [-0.39, 0.29) is 12.2 Å². The summed E-state index contributed by atoms with van der Waals surface area (Å²) in [4.78, 5) is 24.3. The second-order valence-electron chi connectivity index (χ2n) is 6.28. The van der Waals surface area contributed by atoms with E-state index in [1.165, 1.54) is 0 Å². The number of fused-ring (bicyclic) bond motifs is 2. The Morgan fingerprint density at radius 3 is 2.67 bits per heavy atom. The van der Waals surface area contributed by atoms with Crippen LogP contribution in [0, 0.1) is 0 Å². The van der Waals surface area contributed by atoms with E-state index in [9.17, 15) is 13.2 Å². The van der Waals surface area contributed by atoms with Gasteiger partial charge in [0.05, 0.1) is 23.9 Å². The first-order chi connectivity index (χ1) is 12.9. The number of ketones is 1. The van der Waals surface area contributed by atoms with Crippen LogP contribution in [-0.2, 0) is 16.4 Å². The molecule has 0 aliphatic carbocycles. The van der Waals surface area contributed by atoms with Crippen molar-refractivity contribution >= 4 is 43.3 Å². The zero-order chi connectivity index (χ0) is 19.0. The molecule has 2 aromatic carbocycles. The van der Waals surface area contributed by atoms with Crippen LogP contribution >= 0.6 is 0 Å². The van der Waals surface area contributed by atoms with Crippen molar-refractivity contribution < 1.29 is 13.2 Å². The number of hydrogen-bond donors (Lipinski definition) is 2. The number of pyridine rings is 1. The van der Waals surface area contributed by atoms with Gasteiger partial charge in [-0.1, -0.05) is 30.3 Å². The summed E-state index contributed by atoms with van der Waals surface area (Å²) in [6.07, 6.45) is 2.79. The van der Waals surface area contributed by atoms with Crippen LogP contribution in [0.5, 0.6) is 0 Å². The Bertz CT molecular complexity index is 1280. The van der Waals surface area contributed by atoms with Gasteiger partial charge in [-0.05, 0) is 23.6 Å². The molecule has 2 heterocycles. The van der Waals surface area contributed by atoms with Crippen LogP contribution in [-0.4, -0.2) is 35.4 Å². The molecule has 0 radical (unpaired) electrons. The number of hydrogen-bond acceptors (Lipinski definition) is 5. The third-order valence-electron chi connectivity index (χ3n) is 4.10. The quantitative estimate of drug-likeness (QED) is 0.518. The Labute approximate surface area is 155 Å². The Morgan fingerprint density at radius 1 is 1.11 bits per heavy atom. The number of aromatic amines is 1. The van der Waals surface area contributed by atoms with E-state index in [0.717, 1.165) is 17.0 Å². The van der Waals surface area contributed by atoms with Crippen LogP contribution in [0.1, 0.15) is 16.3 Å². The van der Waals surface area contributed by atoms with Crippen molar-refractivity contribution in [1.29, 1.82) is 0 Å². The zero-order valence-corrected chi connectivity index (χ0v) is 15.2. The van der Waals surface area contributed by atoms with Crippen molar-refractivity contribution in [3.8, 4) is 0 Å². The summed E-state index contributed by atoms with van der Waals surface area (Å²) in [7, 11) is -3.43. The van der Waals surface area contributed by atoms with Crippen LogP contribution in [0.3, 0.4) is 0 Å². The molecule has 0 atom stereocenters. The smallest absolute Gasteiger partial charge is 0.229 e. The first-order valence-electron chi connectivity index (χ1n) is 8.22. The van der Waals surface area contributed by atoms with Crippen LogP contribution in [0.2, 0.25) is 0 Å². The van der Waals surface area contributed by atoms with Crippen molar-refractivity contribution in [2.75, 3.05) is 11.0 Å². The fraction of sp³-hybridized carbons (Fsp3) is 0.105. The lowest BCUT2D eigenvalue weighted by Crippen LogP contribution is -2.09. The van der Waals surface area contributed by atoms with Gasteiger partial charge in [0.25, 0.3) is 0 Å². The number of nitrogens with zero attached hydrogens (tertiary/aromatic N) is 2. The number of carbonyl (C=O) groups excluding carboxylic acids is 1. The van der Waals surface area contributed by atoms with Gasteiger partial charge >= 0.3 is 0 Å². The third-order valence-corrected chi connectivity index (χ3v) is 4.69. The van der Waals surface area contributed by atoms with E-state index in [4.69, 9.17) is 0 Å². The van der Waals surface area contributed by atoms with E-state index < -0.39 is 10.0 Å². The Kier molecular flexibility index (Phi) is 4.12. The molecule has 0 fully saturated rings. The lowest BCUT2D eigenvalue weighted by atomic mass is 10.1. The number of carbonyl (C=O) groups is 1. The minimum absolute atomic E-state index is 0.0400. The van der Waals surface area contributed by atoms with E-state index in [2.05, 4.69) is 19.7 Å². The Hall–Kier alpha value is -3.26. The van der Waals surface area contributed by atoms with Crippen LogP contribution < -0.4 is 4.72 Å². The lowest BCUT2D eigenvalue weighted by molar-refractivity contribution is 0.0986. The molecule has 4 aromatic rings. The fourth-order valence-corrected chi connectivity index (χ4v) is 3.49. The van der Waals surface area contributed by atoms with Gasteiger partial charge in [0.1, 0.15) is 17.0 Å². The van der Waals surface area contributed by atoms with Crippen molar-refractivity contribution in [3.63, 3.8) is 0 Å². The molecule has 0 aliphatic rings. The summed E-state index contributed by atoms with van der Waals surface area (Å²) in [6, 6.07) is 14.6. The van der Waals surface area contributed by atoms with Crippen molar-refractivity contribution in [2.45, 2.75) is 6.42 Å². The van der Waals surface area contributed by atoms with Gasteiger partial charge in [0.15, 0.2) is 5.78 Å². The highest BCUT2D eigenvalue weighted by atomic mass is 32.2. The number of aromatic nitrogens is 3. The molecule has 0 spiro atoms. The summed E-state index contributed by atoms with van der Waals surface area (Å²) in [5.41, 5.74) is 1.85. The van der Waals surface area contributed by atoms with Crippen molar-refractivity contribution in [1.82, 2.24) is 15.0 Å². The second kappa shape index (κ2) is 6.48. The van der Waals surface area contributed by atoms with E-state index in [0.29, 0.717) is 28.2 Å². The molecular formula is C19H16N4O3S. The van der Waals surface area contributed by atoms with E-state index >= 15 is 0 Å². The highest BCUT2D eigenvalue weighted by Gasteiger charge is 2.15. The normalized spacial score (nSPS) is 11.7. The third kappa shape index (κ3) is 3.65. The summed E-state index contributed by atoms with van der Waals surface area (Å²) < 4.78 is 25.5. The molecule has 27 heavy (non-hydrogen) atoms. The predicted molar refractivity (Wildman–Crippen MR) is 104 cm³/mol. The van der Waals surface area contributed by atoms with Crippen molar-refractivity contribution in [3.05, 3.63) is 66.2 Å². The summed E-state index contributed by atoms with van der Waals surface area (Å²) >= 11 is 0. The highest BCUT2D eigenvalue weighted by Crippen LogP contribution is 2.23. The molecule has 0 aliphatic heterocycles. The van der Waals surface area contributed by atoms with Crippen LogP contribution in [0.15, 0.2) is 54.7 Å². The summed E-state index contributed by atoms with van der Waals surface area (Å²) in [5.74, 6) is 0.283. The number of rotatable bonds is 5. The maximum atomic E-state index is 12.6. The zero-order valence-electron chi connectivity index (χ0n) is 14.4. The minimum atomic E-state index is -3.43. The summed E-state index contributed by atoms with van der Waals surface area (Å²) in [6.45, 7) is 0. The highest BCUT2D eigenvalue weighted by molar-refractivity contribution is 7.92. The molecule has 0 saturated heterocycles. The molecule has 8 heteroatoms. The molecule has 2 aromatic heterocycles. The molecule has 0 amide bonds. The van der Waals surface area contributed by atoms with E-state index in [1.54, 1.807) is 30.5 Å². The number of imidazole rings is 1. The first-order valence-corrected chi connectivity index (χ1v) is 10.1. The molecule has 4 rings (SSSR count). The van der Waals surface area contributed by atoms with Crippen LogP contribution in [0.4, 0.5) is 5.69 Å². The maximum absolute atomic E-state index is 12.6. The second-order valence-corrected chi connectivity index (χ2v) is 8.02. The number of benzene rings is 2. The standard InChI is InChI=1S/C19H16N4O3S/c1-27(25,26)23-15-8-4-7-14-19(15)22-18(21-14)10-17(24)16-9-12-5-2-3-6-13(12)11-20-16/h2-9,11,23H,10H2,1H3,(H,21,22). The average molecular weight is 380 g/mol.